The summed E-state index contributed by atoms with van der Waals surface area (Å²) in [6, 6.07) is 5.04. The van der Waals surface area contributed by atoms with Crippen molar-refractivity contribution in [3.05, 3.63) is 33.1 Å². The summed E-state index contributed by atoms with van der Waals surface area (Å²) in [4.78, 5) is 35.5. The summed E-state index contributed by atoms with van der Waals surface area (Å²) in [5.41, 5.74) is 0.688. The lowest BCUT2D eigenvalue weighted by Crippen LogP contribution is -2.33. The molecule has 1 fully saturated rings. The summed E-state index contributed by atoms with van der Waals surface area (Å²) in [6.45, 7) is -0.686. The van der Waals surface area contributed by atoms with E-state index in [1.807, 2.05) is 0 Å². The van der Waals surface area contributed by atoms with E-state index < -0.39 is 24.4 Å². The van der Waals surface area contributed by atoms with Gasteiger partial charge in [-0.3, -0.25) is 14.5 Å². The second kappa shape index (κ2) is 8.45. The number of carboxylic acids is 1. The number of esters is 1. The van der Waals surface area contributed by atoms with Gasteiger partial charge in [0, 0.05) is 0 Å². The van der Waals surface area contributed by atoms with E-state index in [-0.39, 0.29) is 10.9 Å². The number of aliphatic carboxylic acids is 1. The topological polar surface area (TPSA) is 93.1 Å². The Morgan fingerprint density at radius 1 is 1.44 bits per heavy atom. The number of halogens is 1. The number of amides is 1. The molecule has 1 amide bonds. The minimum atomic E-state index is -1.13. The first-order chi connectivity index (χ1) is 11.8. The second-order valence-corrected chi connectivity index (χ2v) is 7.25. The van der Waals surface area contributed by atoms with Gasteiger partial charge in [-0.15, -0.1) is 0 Å². The van der Waals surface area contributed by atoms with Crippen LogP contribution >= 0.6 is 39.9 Å². The predicted molar refractivity (Wildman–Crippen MR) is 99.2 cm³/mol. The third-order valence-electron chi connectivity index (χ3n) is 2.99. The van der Waals surface area contributed by atoms with Gasteiger partial charge in [0.25, 0.3) is 5.91 Å². The molecule has 0 aliphatic carbocycles. The maximum Gasteiger partial charge on any atom is 0.343 e. The van der Waals surface area contributed by atoms with E-state index in [0.29, 0.717) is 20.7 Å². The van der Waals surface area contributed by atoms with Gasteiger partial charge >= 0.3 is 11.9 Å². The number of carboxylic acid groups (broad SMARTS) is 1. The molecule has 0 unspecified atom stereocenters. The van der Waals surface area contributed by atoms with Crippen molar-refractivity contribution < 1.29 is 29.0 Å². The van der Waals surface area contributed by atoms with Crippen molar-refractivity contribution >= 4 is 68.2 Å². The molecular weight excluding hydrogens is 434 g/mol. The molecule has 1 N–H and O–H groups in total. The monoisotopic (exact) mass is 445 g/mol. The van der Waals surface area contributed by atoms with Crippen LogP contribution in [0.25, 0.3) is 6.08 Å². The number of nitrogens with zero attached hydrogens (tertiary/aromatic N) is 1. The third-order valence-corrected chi connectivity index (χ3v) is 4.99. The summed E-state index contributed by atoms with van der Waals surface area (Å²) in [5.74, 6) is -1.63. The molecular formula is C15H12BrNO6S2. The number of carbonyl (C=O) groups excluding carboxylic acids is 2. The molecule has 0 aromatic heterocycles. The molecule has 0 atom stereocenters. The molecule has 1 aliphatic heterocycles. The van der Waals surface area contributed by atoms with Crippen LogP contribution in [0, 0.1) is 0 Å². The maximum atomic E-state index is 12.2. The molecule has 0 saturated carbocycles. The van der Waals surface area contributed by atoms with Crippen molar-refractivity contribution in [2.24, 2.45) is 0 Å². The average Bonchev–Trinajstić information content (AvgIpc) is 2.81. The van der Waals surface area contributed by atoms with Gasteiger partial charge in [-0.05, 0) is 39.7 Å². The zero-order valence-electron chi connectivity index (χ0n) is 12.9. The minimum Gasteiger partial charge on any atom is -0.481 e. The number of hydrogen-bond acceptors (Lipinski definition) is 7. The van der Waals surface area contributed by atoms with Crippen LogP contribution in [0.5, 0.6) is 5.75 Å². The van der Waals surface area contributed by atoms with E-state index in [1.165, 1.54) is 7.11 Å². The molecule has 1 aliphatic rings. The zero-order chi connectivity index (χ0) is 18.6. The molecule has 1 aromatic carbocycles. The number of benzene rings is 1. The SMILES string of the molecule is COC(=O)COc1ccc(/C=C2\SC(=S)N(CC(=O)O)C2=O)cc1Br. The molecule has 1 aromatic rings. The normalized spacial score (nSPS) is 15.6. The lowest BCUT2D eigenvalue weighted by molar-refractivity contribution is -0.143. The summed E-state index contributed by atoms with van der Waals surface area (Å²) < 4.78 is 10.6. The standard InChI is InChI=1S/C15H12BrNO6S2/c1-22-13(20)7-23-10-3-2-8(4-9(10)16)5-11-14(21)17(6-12(18)19)15(24)25-11/h2-5H,6-7H2,1H3,(H,18,19)/b11-5-. The number of ether oxygens (including phenoxy) is 2. The highest BCUT2D eigenvalue weighted by Gasteiger charge is 2.33. The van der Waals surface area contributed by atoms with E-state index in [2.05, 4.69) is 20.7 Å². The van der Waals surface area contributed by atoms with Gasteiger partial charge in [0.05, 0.1) is 16.5 Å². The van der Waals surface area contributed by atoms with E-state index in [0.717, 1.165) is 16.7 Å². The van der Waals surface area contributed by atoms with Crippen molar-refractivity contribution in [2.75, 3.05) is 20.3 Å². The maximum absolute atomic E-state index is 12.2. The first-order valence-electron chi connectivity index (χ1n) is 6.78. The fraction of sp³-hybridized carbons (Fsp3) is 0.200. The zero-order valence-corrected chi connectivity index (χ0v) is 16.1. The van der Waals surface area contributed by atoms with Crippen molar-refractivity contribution in [2.45, 2.75) is 0 Å². The quantitative estimate of drug-likeness (QED) is 0.404. The van der Waals surface area contributed by atoms with Gasteiger partial charge in [0.1, 0.15) is 16.6 Å². The molecule has 0 radical (unpaired) electrons. The highest BCUT2D eigenvalue weighted by Crippen LogP contribution is 2.34. The summed E-state index contributed by atoms with van der Waals surface area (Å²) in [6.07, 6.45) is 1.61. The van der Waals surface area contributed by atoms with Crippen molar-refractivity contribution in [1.82, 2.24) is 4.90 Å². The van der Waals surface area contributed by atoms with Gasteiger partial charge in [0.15, 0.2) is 6.61 Å². The van der Waals surface area contributed by atoms with E-state index in [4.69, 9.17) is 22.1 Å². The van der Waals surface area contributed by atoms with Gasteiger partial charge in [0.2, 0.25) is 0 Å². The molecule has 1 heterocycles. The van der Waals surface area contributed by atoms with Crippen LogP contribution < -0.4 is 4.74 Å². The van der Waals surface area contributed by atoms with Gasteiger partial charge in [-0.25, -0.2) is 4.79 Å². The summed E-state index contributed by atoms with van der Waals surface area (Å²) in [5, 5.41) is 8.82. The number of carbonyl (C=O) groups is 3. The minimum absolute atomic E-state index is 0.204. The van der Waals surface area contributed by atoms with Crippen molar-refractivity contribution in [3.8, 4) is 5.75 Å². The Balaban J connectivity index is 2.14. The summed E-state index contributed by atoms with van der Waals surface area (Å²) >= 11 is 9.41. The highest BCUT2D eigenvalue weighted by atomic mass is 79.9. The van der Waals surface area contributed by atoms with E-state index in [9.17, 15) is 14.4 Å². The Bertz CT molecular complexity index is 779. The Morgan fingerprint density at radius 3 is 2.76 bits per heavy atom. The third kappa shape index (κ3) is 5.03. The van der Waals surface area contributed by atoms with Crippen LogP contribution in [-0.4, -0.2) is 52.4 Å². The number of thioether (sulfide) groups is 1. The molecule has 132 valence electrons. The Morgan fingerprint density at radius 2 is 2.16 bits per heavy atom. The number of rotatable bonds is 6. The van der Waals surface area contributed by atoms with Crippen LogP contribution in [0.4, 0.5) is 0 Å². The summed E-state index contributed by atoms with van der Waals surface area (Å²) in [7, 11) is 1.27. The molecule has 10 heteroatoms. The largest absolute Gasteiger partial charge is 0.481 e. The average molecular weight is 446 g/mol. The Hall–Kier alpha value is -1.91. The van der Waals surface area contributed by atoms with Crippen molar-refractivity contribution in [3.63, 3.8) is 0 Å². The fourth-order valence-corrected chi connectivity index (χ4v) is 3.61. The lowest BCUT2D eigenvalue weighted by Gasteiger charge is -2.10. The first-order valence-corrected chi connectivity index (χ1v) is 8.80. The molecule has 1 saturated heterocycles. The first kappa shape index (κ1) is 19.4. The fourth-order valence-electron chi connectivity index (χ4n) is 1.84. The Kier molecular flexibility index (Phi) is 6.57. The van der Waals surface area contributed by atoms with Gasteiger partial charge < -0.3 is 14.6 Å². The molecule has 0 bridgehead atoms. The van der Waals surface area contributed by atoms with E-state index >= 15 is 0 Å². The molecule has 0 spiro atoms. The van der Waals surface area contributed by atoms with Crippen LogP contribution in [-0.2, 0) is 19.1 Å². The molecule has 2 rings (SSSR count). The predicted octanol–water partition coefficient (Wildman–Crippen LogP) is 2.29. The highest BCUT2D eigenvalue weighted by molar-refractivity contribution is 9.10. The molecule has 25 heavy (non-hydrogen) atoms. The number of methoxy groups -OCH3 is 1. The van der Waals surface area contributed by atoms with Crippen LogP contribution in [0.3, 0.4) is 0 Å². The van der Waals surface area contributed by atoms with Crippen molar-refractivity contribution in [1.29, 1.82) is 0 Å². The van der Waals surface area contributed by atoms with E-state index in [1.54, 1.807) is 24.3 Å². The molecule has 7 nitrogen and oxygen atoms in total. The Labute approximate surface area is 161 Å². The lowest BCUT2D eigenvalue weighted by atomic mass is 10.2. The van der Waals surface area contributed by atoms with Gasteiger partial charge in [-0.2, -0.15) is 0 Å². The number of hydrogen-bond donors (Lipinski definition) is 1. The van der Waals surface area contributed by atoms with Crippen LogP contribution in [0.2, 0.25) is 0 Å². The number of thiocarbonyl (C=S) groups is 1. The van der Waals surface area contributed by atoms with Crippen LogP contribution in [0.15, 0.2) is 27.6 Å². The van der Waals surface area contributed by atoms with Gasteiger partial charge in [-0.1, -0.05) is 30.0 Å². The van der Waals surface area contributed by atoms with Crippen LogP contribution in [0.1, 0.15) is 5.56 Å². The smallest absolute Gasteiger partial charge is 0.343 e. The second-order valence-electron chi connectivity index (χ2n) is 4.72.